The van der Waals surface area contributed by atoms with Crippen LogP contribution < -0.4 is 9.62 Å². The molecule has 0 aliphatic carbocycles. The molecule has 0 aromatic heterocycles. The second-order valence-electron chi connectivity index (χ2n) is 5.60. The molecule has 120 valence electrons. The average molecular weight is 324 g/mol. The Hall–Kier alpha value is -2.13. The lowest BCUT2D eigenvalue weighted by Crippen LogP contribution is -2.09. The predicted octanol–water partition coefficient (Wildman–Crippen LogP) is 5.54. The van der Waals surface area contributed by atoms with Gasteiger partial charge in [0.25, 0.3) is 0 Å². The van der Waals surface area contributed by atoms with Crippen molar-refractivity contribution in [3.05, 3.63) is 73.0 Å². The fourth-order valence-corrected chi connectivity index (χ4v) is 2.98. The molecule has 0 saturated heterocycles. The van der Waals surface area contributed by atoms with Gasteiger partial charge in [0, 0.05) is 35.8 Å². The standard InChI is InChI=1S/C20H24N2S/c1-6-15(2)13-14-16(3)21-23-20-12-8-9-17-18(20)10-7-11-19(17)22(4)5/h7-14,21H,2-3,6H2,1,4-5H3/b14-13-. The molecule has 23 heavy (non-hydrogen) atoms. The minimum atomic E-state index is 0.866. The van der Waals surface area contributed by atoms with E-state index in [-0.39, 0.29) is 0 Å². The van der Waals surface area contributed by atoms with Crippen LogP contribution in [0.3, 0.4) is 0 Å². The third-order valence-electron chi connectivity index (χ3n) is 3.61. The number of fused-ring (bicyclic) bond motifs is 1. The van der Waals surface area contributed by atoms with E-state index in [2.05, 4.69) is 80.2 Å². The van der Waals surface area contributed by atoms with Gasteiger partial charge in [0.15, 0.2) is 0 Å². The minimum absolute atomic E-state index is 0.866. The first-order chi connectivity index (χ1) is 11.0. The van der Waals surface area contributed by atoms with Gasteiger partial charge in [0.1, 0.15) is 0 Å². The number of anilines is 1. The molecule has 0 spiro atoms. The van der Waals surface area contributed by atoms with E-state index in [1.807, 2.05) is 12.2 Å². The normalized spacial score (nSPS) is 10.9. The maximum atomic E-state index is 4.03. The summed E-state index contributed by atoms with van der Waals surface area (Å²) in [6.07, 6.45) is 4.92. The van der Waals surface area contributed by atoms with Crippen LogP contribution in [0.2, 0.25) is 0 Å². The first-order valence-electron chi connectivity index (χ1n) is 7.69. The molecule has 0 fully saturated rings. The number of nitrogens with one attached hydrogen (secondary N) is 1. The molecule has 0 atom stereocenters. The van der Waals surface area contributed by atoms with E-state index in [9.17, 15) is 0 Å². The third kappa shape index (κ3) is 4.42. The summed E-state index contributed by atoms with van der Waals surface area (Å²) in [7, 11) is 4.14. The average Bonchev–Trinajstić information content (AvgIpc) is 2.56. The summed E-state index contributed by atoms with van der Waals surface area (Å²) in [5.74, 6) is 0. The van der Waals surface area contributed by atoms with Gasteiger partial charge in [-0.15, -0.1) is 0 Å². The first kappa shape index (κ1) is 17.2. The summed E-state index contributed by atoms with van der Waals surface area (Å²) in [6, 6.07) is 12.8. The van der Waals surface area contributed by atoms with Gasteiger partial charge in [-0.3, -0.25) is 0 Å². The molecule has 0 radical (unpaired) electrons. The monoisotopic (exact) mass is 324 g/mol. The number of allylic oxidation sites excluding steroid dienone is 3. The van der Waals surface area contributed by atoms with Crippen molar-refractivity contribution in [3.63, 3.8) is 0 Å². The van der Waals surface area contributed by atoms with Crippen molar-refractivity contribution >= 4 is 28.4 Å². The zero-order valence-electron chi connectivity index (χ0n) is 14.1. The van der Waals surface area contributed by atoms with Crippen LogP contribution in [0.15, 0.2) is 77.9 Å². The molecule has 2 rings (SSSR count). The second-order valence-corrected chi connectivity index (χ2v) is 6.45. The van der Waals surface area contributed by atoms with Crippen molar-refractivity contribution in [3.8, 4) is 0 Å². The van der Waals surface area contributed by atoms with Gasteiger partial charge < -0.3 is 9.62 Å². The molecule has 0 bridgehead atoms. The van der Waals surface area contributed by atoms with Gasteiger partial charge in [-0.2, -0.15) is 0 Å². The highest BCUT2D eigenvalue weighted by atomic mass is 32.2. The van der Waals surface area contributed by atoms with Gasteiger partial charge in [-0.1, -0.05) is 56.0 Å². The molecule has 2 aromatic carbocycles. The van der Waals surface area contributed by atoms with E-state index < -0.39 is 0 Å². The van der Waals surface area contributed by atoms with E-state index in [0.29, 0.717) is 0 Å². The maximum Gasteiger partial charge on any atom is 0.0441 e. The van der Waals surface area contributed by atoms with E-state index >= 15 is 0 Å². The van der Waals surface area contributed by atoms with Crippen LogP contribution in [0.4, 0.5) is 5.69 Å². The van der Waals surface area contributed by atoms with Crippen molar-refractivity contribution < 1.29 is 0 Å². The Morgan fingerprint density at radius 2 is 1.78 bits per heavy atom. The molecule has 2 nitrogen and oxygen atoms in total. The summed E-state index contributed by atoms with van der Waals surface area (Å²) in [5.41, 5.74) is 3.19. The van der Waals surface area contributed by atoms with Gasteiger partial charge in [-0.25, -0.2) is 0 Å². The largest absolute Gasteiger partial charge is 0.377 e. The Labute approximate surface area is 143 Å². The molecule has 0 heterocycles. The third-order valence-corrected chi connectivity index (χ3v) is 4.55. The summed E-state index contributed by atoms with van der Waals surface area (Å²) in [6.45, 7) is 10.1. The van der Waals surface area contributed by atoms with Crippen molar-refractivity contribution in [2.24, 2.45) is 0 Å². The molecule has 0 unspecified atom stereocenters. The van der Waals surface area contributed by atoms with Crippen LogP contribution >= 0.6 is 11.9 Å². The number of nitrogens with zero attached hydrogens (tertiary/aromatic N) is 1. The molecule has 0 aliphatic heterocycles. The molecule has 0 saturated carbocycles. The Kier molecular flexibility index (Phi) is 5.94. The van der Waals surface area contributed by atoms with Gasteiger partial charge in [-0.05, 0) is 42.0 Å². The summed E-state index contributed by atoms with van der Waals surface area (Å²) >= 11 is 1.59. The lowest BCUT2D eigenvalue weighted by atomic mass is 10.1. The van der Waals surface area contributed by atoms with Crippen molar-refractivity contribution in [2.45, 2.75) is 18.2 Å². The quantitative estimate of drug-likeness (QED) is 0.532. The number of rotatable bonds is 7. The lowest BCUT2D eigenvalue weighted by molar-refractivity contribution is 1.14. The molecule has 3 heteroatoms. The van der Waals surface area contributed by atoms with Crippen LogP contribution in [0.1, 0.15) is 13.3 Å². The highest BCUT2D eigenvalue weighted by Gasteiger charge is 2.06. The summed E-state index contributed by atoms with van der Waals surface area (Å²) < 4.78 is 3.30. The fraction of sp³-hybridized carbons (Fsp3) is 0.200. The Bertz CT molecular complexity index is 744. The number of hydrogen-bond donors (Lipinski definition) is 1. The first-order valence-corrected chi connectivity index (χ1v) is 8.51. The highest BCUT2D eigenvalue weighted by Crippen LogP contribution is 2.32. The fourth-order valence-electron chi connectivity index (χ4n) is 2.23. The second kappa shape index (κ2) is 7.93. The van der Waals surface area contributed by atoms with Gasteiger partial charge in [0.05, 0.1) is 0 Å². The summed E-state index contributed by atoms with van der Waals surface area (Å²) in [4.78, 5) is 3.33. The van der Waals surface area contributed by atoms with Gasteiger partial charge in [0.2, 0.25) is 0 Å². The Morgan fingerprint density at radius 1 is 1.09 bits per heavy atom. The lowest BCUT2D eigenvalue weighted by Gasteiger charge is -2.16. The van der Waals surface area contributed by atoms with Crippen molar-refractivity contribution in [1.29, 1.82) is 0 Å². The number of hydrogen-bond acceptors (Lipinski definition) is 3. The molecular formula is C20H24N2S. The van der Waals surface area contributed by atoms with Crippen LogP contribution in [0.25, 0.3) is 10.8 Å². The van der Waals surface area contributed by atoms with Crippen LogP contribution in [0, 0.1) is 0 Å². The van der Waals surface area contributed by atoms with E-state index in [1.54, 1.807) is 11.9 Å². The maximum absolute atomic E-state index is 4.03. The van der Waals surface area contributed by atoms with E-state index in [0.717, 1.165) is 17.7 Å². The topological polar surface area (TPSA) is 15.3 Å². The SMILES string of the molecule is C=C(/C=C\C(=C)NSc1cccc2c(N(C)C)cccc12)CC. The summed E-state index contributed by atoms with van der Waals surface area (Å²) in [5, 5.41) is 2.50. The molecule has 0 aliphatic rings. The van der Waals surface area contributed by atoms with Crippen LogP contribution in [-0.2, 0) is 0 Å². The van der Waals surface area contributed by atoms with E-state index in [4.69, 9.17) is 0 Å². The van der Waals surface area contributed by atoms with Crippen molar-refractivity contribution in [1.82, 2.24) is 4.72 Å². The zero-order chi connectivity index (χ0) is 16.8. The molecule has 1 N–H and O–H groups in total. The highest BCUT2D eigenvalue weighted by molar-refractivity contribution is 7.97. The Balaban J connectivity index is 2.18. The Morgan fingerprint density at radius 3 is 2.48 bits per heavy atom. The molecule has 2 aromatic rings. The number of benzene rings is 2. The molecular weight excluding hydrogens is 300 g/mol. The molecule has 0 amide bonds. The van der Waals surface area contributed by atoms with Crippen LogP contribution in [-0.4, -0.2) is 14.1 Å². The van der Waals surface area contributed by atoms with Gasteiger partial charge >= 0.3 is 0 Å². The van der Waals surface area contributed by atoms with Crippen molar-refractivity contribution in [2.75, 3.05) is 19.0 Å². The van der Waals surface area contributed by atoms with Crippen LogP contribution in [0.5, 0.6) is 0 Å². The zero-order valence-corrected chi connectivity index (χ0v) is 14.9. The smallest absolute Gasteiger partial charge is 0.0441 e. The van der Waals surface area contributed by atoms with E-state index in [1.165, 1.54) is 21.4 Å². The predicted molar refractivity (Wildman–Crippen MR) is 105 cm³/mol. The minimum Gasteiger partial charge on any atom is -0.377 e.